The van der Waals surface area contributed by atoms with Gasteiger partial charge in [0.15, 0.2) is 0 Å². The third kappa shape index (κ3) is 5.67. The molecule has 5 rings (SSSR count). The molecule has 7 heteroatoms. The first-order valence-electron chi connectivity index (χ1n) is 12.5. The fourth-order valence-corrected chi connectivity index (χ4v) is 4.30. The van der Waals surface area contributed by atoms with E-state index < -0.39 is 0 Å². The van der Waals surface area contributed by atoms with Crippen LogP contribution in [0.1, 0.15) is 33.2 Å². The zero-order chi connectivity index (χ0) is 27.0. The first-order chi connectivity index (χ1) is 19.2. The fraction of sp³-hybridized carbons (Fsp3) is 0.0625. The van der Waals surface area contributed by atoms with Gasteiger partial charge in [-0.1, -0.05) is 60.7 Å². The Hall–Kier alpha value is -5.30. The third-order valence-corrected chi connectivity index (χ3v) is 6.10. The van der Waals surface area contributed by atoms with Crippen molar-refractivity contribution in [3.8, 4) is 28.2 Å². The molecule has 1 N–H and O–H groups in total. The van der Waals surface area contributed by atoms with Crippen LogP contribution in [0, 0.1) is 0 Å². The summed E-state index contributed by atoms with van der Waals surface area (Å²) >= 11 is 0. The Morgan fingerprint density at radius 2 is 1.49 bits per heavy atom. The number of hydrazone groups is 1. The van der Waals surface area contributed by atoms with Crippen LogP contribution in [0.25, 0.3) is 28.2 Å². The molecule has 3 aromatic carbocycles. The molecule has 1 amide bonds. The smallest absolute Gasteiger partial charge is 0.338 e. The number of amides is 1. The predicted molar refractivity (Wildman–Crippen MR) is 152 cm³/mol. The number of esters is 1. The molecule has 0 bridgehead atoms. The molecule has 2 aromatic heterocycles. The highest BCUT2D eigenvalue weighted by molar-refractivity contribution is 5.97. The van der Waals surface area contributed by atoms with Gasteiger partial charge in [0.1, 0.15) is 0 Å². The van der Waals surface area contributed by atoms with Gasteiger partial charge in [0.2, 0.25) is 0 Å². The van der Waals surface area contributed by atoms with Gasteiger partial charge < -0.3 is 9.30 Å². The maximum absolute atomic E-state index is 12.5. The lowest BCUT2D eigenvalue weighted by Crippen LogP contribution is -2.17. The van der Waals surface area contributed by atoms with Crippen LogP contribution < -0.4 is 5.43 Å². The van der Waals surface area contributed by atoms with Crippen molar-refractivity contribution in [2.24, 2.45) is 5.10 Å². The normalized spacial score (nSPS) is 10.9. The molecule has 2 heterocycles. The van der Waals surface area contributed by atoms with E-state index in [0.717, 1.165) is 33.8 Å². The number of pyridine rings is 1. The summed E-state index contributed by atoms with van der Waals surface area (Å²) in [5.74, 6) is -0.687. The molecule has 5 aromatic rings. The highest BCUT2D eigenvalue weighted by atomic mass is 16.5. The number of ether oxygens (including phenoxy) is 1. The molecule has 39 heavy (non-hydrogen) atoms. The Kier molecular flexibility index (Phi) is 7.69. The molecule has 0 saturated carbocycles. The second-order valence-corrected chi connectivity index (χ2v) is 8.60. The standard InChI is InChI=1S/C32H26N4O3/c1-2-39-32(38)26-13-15-28(16-14-26)36-29(23-9-5-3-6-10-23)21-27(30(36)24-11-7-4-8-12-24)22-34-35-31(37)25-17-19-33-20-18-25/h3-22H,2H2,1H3,(H,35,37)/b34-22-. The van der Waals surface area contributed by atoms with E-state index in [-0.39, 0.29) is 11.9 Å². The average molecular weight is 515 g/mol. The monoisotopic (exact) mass is 514 g/mol. The van der Waals surface area contributed by atoms with Gasteiger partial charge in [0.05, 0.1) is 29.8 Å². The van der Waals surface area contributed by atoms with Gasteiger partial charge in [-0.15, -0.1) is 0 Å². The summed E-state index contributed by atoms with van der Waals surface area (Å²) in [4.78, 5) is 28.8. The lowest BCUT2D eigenvalue weighted by molar-refractivity contribution is 0.0526. The molecular weight excluding hydrogens is 488 g/mol. The lowest BCUT2D eigenvalue weighted by Gasteiger charge is -2.15. The van der Waals surface area contributed by atoms with E-state index in [1.807, 2.05) is 78.9 Å². The maximum Gasteiger partial charge on any atom is 0.338 e. The average Bonchev–Trinajstić information content (AvgIpc) is 3.38. The number of carbonyl (C=O) groups is 2. The van der Waals surface area contributed by atoms with Gasteiger partial charge in [-0.05, 0) is 60.5 Å². The molecule has 0 saturated heterocycles. The van der Waals surface area contributed by atoms with Crippen molar-refractivity contribution in [1.29, 1.82) is 0 Å². The van der Waals surface area contributed by atoms with Crippen molar-refractivity contribution < 1.29 is 14.3 Å². The number of hydrogen-bond donors (Lipinski definition) is 1. The number of benzene rings is 3. The SMILES string of the molecule is CCOC(=O)c1ccc(-n2c(-c3ccccc3)cc(/C=N\NC(=O)c3ccncc3)c2-c2ccccc2)cc1. The Balaban J connectivity index is 1.63. The van der Waals surface area contributed by atoms with E-state index in [1.165, 1.54) is 0 Å². The third-order valence-electron chi connectivity index (χ3n) is 6.10. The minimum Gasteiger partial charge on any atom is -0.462 e. The van der Waals surface area contributed by atoms with Gasteiger partial charge in [-0.25, -0.2) is 10.2 Å². The Morgan fingerprint density at radius 1 is 0.846 bits per heavy atom. The predicted octanol–water partition coefficient (Wildman–Crippen LogP) is 6.15. The minimum atomic E-state index is -0.360. The summed E-state index contributed by atoms with van der Waals surface area (Å²) in [5, 5.41) is 4.28. The zero-order valence-corrected chi connectivity index (χ0v) is 21.3. The lowest BCUT2D eigenvalue weighted by atomic mass is 10.1. The summed E-state index contributed by atoms with van der Waals surface area (Å²) in [6.45, 7) is 2.10. The van der Waals surface area contributed by atoms with E-state index in [1.54, 1.807) is 49.8 Å². The van der Waals surface area contributed by atoms with Gasteiger partial charge in [0, 0.05) is 29.2 Å². The van der Waals surface area contributed by atoms with Gasteiger partial charge in [0.25, 0.3) is 5.91 Å². The molecule has 0 unspecified atom stereocenters. The van der Waals surface area contributed by atoms with Crippen LogP contribution in [-0.2, 0) is 4.74 Å². The van der Waals surface area contributed by atoms with Crippen molar-refractivity contribution in [3.63, 3.8) is 0 Å². The van der Waals surface area contributed by atoms with Crippen molar-refractivity contribution in [3.05, 3.63) is 132 Å². The summed E-state index contributed by atoms with van der Waals surface area (Å²) in [6, 6.07) is 32.6. The molecule has 0 fully saturated rings. The second kappa shape index (κ2) is 11.8. The van der Waals surface area contributed by atoms with Gasteiger partial charge in [-0.2, -0.15) is 5.10 Å². The molecule has 0 spiro atoms. The maximum atomic E-state index is 12.5. The largest absolute Gasteiger partial charge is 0.462 e. The number of nitrogens with one attached hydrogen (secondary N) is 1. The summed E-state index contributed by atoms with van der Waals surface area (Å²) in [5.41, 5.74) is 9.02. The fourth-order valence-electron chi connectivity index (χ4n) is 4.30. The molecular formula is C32H26N4O3. The Labute approximate surface area is 226 Å². The summed E-state index contributed by atoms with van der Waals surface area (Å²) in [6.07, 6.45) is 4.77. The van der Waals surface area contributed by atoms with Crippen LogP contribution >= 0.6 is 0 Å². The van der Waals surface area contributed by atoms with E-state index in [9.17, 15) is 9.59 Å². The van der Waals surface area contributed by atoms with Crippen molar-refractivity contribution in [2.75, 3.05) is 6.61 Å². The first-order valence-corrected chi connectivity index (χ1v) is 12.5. The van der Waals surface area contributed by atoms with Crippen LogP contribution in [0.15, 0.2) is 121 Å². The van der Waals surface area contributed by atoms with Crippen molar-refractivity contribution in [1.82, 2.24) is 15.0 Å². The van der Waals surface area contributed by atoms with Crippen molar-refractivity contribution >= 4 is 18.1 Å². The Bertz CT molecular complexity index is 1590. The Morgan fingerprint density at radius 3 is 2.13 bits per heavy atom. The van der Waals surface area contributed by atoms with Gasteiger partial charge >= 0.3 is 5.97 Å². The zero-order valence-electron chi connectivity index (χ0n) is 21.3. The number of carbonyl (C=O) groups excluding carboxylic acids is 2. The van der Waals surface area contributed by atoms with E-state index in [0.29, 0.717) is 17.7 Å². The summed E-state index contributed by atoms with van der Waals surface area (Å²) < 4.78 is 7.29. The molecule has 0 aliphatic rings. The minimum absolute atomic E-state index is 0.314. The molecule has 7 nitrogen and oxygen atoms in total. The van der Waals surface area contributed by atoms with Crippen LogP contribution in [0.3, 0.4) is 0 Å². The van der Waals surface area contributed by atoms with Crippen LogP contribution in [0.4, 0.5) is 0 Å². The molecule has 0 aliphatic carbocycles. The highest BCUT2D eigenvalue weighted by Crippen LogP contribution is 2.35. The van der Waals surface area contributed by atoms with Crippen LogP contribution in [0.2, 0.25) is 0 Å². The number of hydrogen-bond acceptors (Lipinski definition) is 5. The topological polar surface area (TPSA) is 85.6 Å². The number of nitrogens with zero attached hydrogens (tertiary/aromatic N) is 3. The molecule has 0 radical (unpaired) electrons. The molecule has 0 aliphatic heterocycles. The van der Waals surface area contributed by atoms with Crippen LogP contribution in [0.5, 0.6) is 0 Å². The quantitative estimate of drug-likeness (QED) is 0.153. The van der Waals surface area contributed by atoms with E-state index in [2.05, 4.69) is 20.1 Å². The van der Waals surface area contributed by atoms with E-state index >= 15 is 0 Å². The number of rotatable bonds is 8. The number of aromatic nitrogens is 2. The van der Waals surface area contributed by atoms with E-state index in [4.69, 9.17) is 4.74 Å². The van der Waals surface area contributed by atoms with Gasteiger partial charge in [-0.3, -0.25) is 9.78 Å². The molecule has 0 atom stereocenters. The van der Waals surface area contributed by atoms with Crippen LogP contribution in [-0.4, -0.2) is 34.2 Å². The summed E-state index contributed by atoms with van der Waals surface area (Å²) in [7, 11) is 0. The highest BCUT2D eigenvalue weighted by Gasteiger charge is 2.19. The first kappa shape index (κ1) is 25.4. The second-order valence-electron chi connectivity index (χ2n) is 8.60. The molecule has 192 valence electrons. The van der Waals surface area contributed by atoms with Crippen molar-refractivity contribution in [2.45, 2.75) is 6.92 Å².